The predicted molar refractivity (Wildman–Crippen MR) is 135 cm³/mol. The molecule has 1 amide bonds. The van der Waals surface area contributed by atoms with Crippen LogP contribution in [-0.4, -0.2) is 33.5 Å². The molecule has 0 heterocycles. The largest absolute Gasteiger partial charge is 0.0149 e. The van der Waals surface area contributed by atoms with Crippen molar-refractivity contribution in [3.05, 3.63) is 47.9 Å². The van der Waals surface area contributed by atoms with Crippen molar-refractivity contribution >= 4 is 33.5 Å². The molecule has 3 atom stereocenters. The van der Waals surface area contributed by atoms with Crippen molar-refractivity contribution < 1.29 is 21.6 Å². The predicted octanol–water partition coefficient (Wildman–Crippen LogP) is 5.24. The molecule has 0 saturated heterocycles. The zero-order valence-corrected chi connectivity index (χ0v) is 22.4. The van der Waals surface area contributed by atoms with Crippen LogP contribution in [0.5, 0.6) is 0 Å². The van der Waals surface area contributed by atoms with Gasteiger partial charge in [0.15, 0.2) is 0 Å². The number of nitrogens with one attached hydrogen (secondary N) is 1. The minimum absolute atomic E-state index is 0. The van der Waals surface area contributed by atoms with E-state index in [-0.39, 0.29) is 11.0 Å². The minimum atomic E-state index is -2.10. The van der Waals surface area contributed by atoms with Gasteiger partial charge in [0, 0.05) is 0 Å². The Morgan fingerprint density at radius 3 is 1.86 bits per heavy atom. The van der Waals surface area contributed by atoms with Crippen molar-refractivity contribution in [2.75, 3.05) is 0 Å². The first-order valence-corrected chi connectivity index (χ1v) is 22.0. The number of hydrogen-bond donors (Lipinski definition) is 1. The van der Waals surface area contributed by atoms with Gasteiger partial charge in [-0.3, -0.25) is 0 Å². The van der Waals surface area contributed by atoms with E-state index < -0.39 is 33.0 Å². The van der Waals surface area contributed by atoms with Gasteiger partial charge < -0.3 is 0 Å². The first-order valence-electron chi connectivity index (χ1n) is 10.2. The van der Waals surface area contributed by atoms with Crippen LogP contribution in [-0.2, 0) is 21.6 Å². The van der Waals surface area contributed by atoms with Gasteiger partial charge in [-0.2, -0.15) is 0 Å². The number of allylic oxidation sites excluding steroid dienone is 6. The molecule has 0 aromatic rings. The molecule has 28 heavy (non-hydrogen) atoms. The van der Waals surface area contributed by atoms with Crippen molar-refractivity contribution in [3.63, 3.8) is 0 Å². The number of fused-ring (bicyclic) bond motifs is 1. The van der Waals surface area contributed by atoms with Crippen molar-refractivity contribution in [2.24, 2.45) is 11.8 Å². The quantitative estimate of drug-likeness (QED) is 0.320. The molecule has 6 heteroatoms. The van der Waals surface area contributed by atoms with E-state index in [0.717, 1.165) is 16.6 Å². The average Bonchev–Trinajstić information content (AvgIpc) is 2.97. The fourth-order valence-electron chi connectivity index (χ4n) is 3.96. The Kier molecular flexibility index (Phi) is 10.6. The summed E-state index contributed by atoms with van der Waals surface area (Å²) in [5.74, 6) is 1.43. The Hall–Kier alpha value is -0.205. The molecule has 2 nitrogen and oxygen atoms in total. The monoisotopic (exact) mass is 471 g/mol. The fourth-order valence-corrected chi connectivity index (χ4v) is 12.3. The zero-order valence-electron chi connectivity index (χ0n) is 18.9. The number of carbonyl (C=O) groups excluding carboxylic acids is 1. The second-order valence-electron chi connectivity index (χ2n) is 10.6. The smallest absolute Gasteiger partial charge is 0.0149 e. The second-order valence-corrected chi connectivity index (χ2v) is 27.8. The van der Waals surface area contributed by atoms with Gasteiger partial charge in [0.25, 0.3) is 0 Å². The SMILES string of the molecule is C=C(C(=C)[Si](C)(C)C)[Si](C)(C)C.[CH3][Ti]([CH3])([NH]C=O)[CH]1CCC2C=CC=CC21.[SiH4]. The maximum absolute atomic E-state index is 10.6. The van der Waals surface area contributed by atoms with Gasteiger partial charge in [-0.05, 0) is 11.0 Å². The zero-order chi connectivity index (χ0) is 21.0. The maximum atomic E-state index is 10.6. The molecule has 1 N–H and O–H groups in total. The molecule has 1 fully saturated rings. The van der Waals surface area contributed by atoms with Gasteiger partial charge >= 0.3 is 95.5 Å². The summed E-state index contributed by atoms with van der Waals surface area (Å²) in [4.78, 5) is 10.6. The van der Waals surface area contributed by atoms with Crippen molar-refractivity contribution in [2.45, 2.75) is 66.8 Å². The van der Waals surface area contributed by atoms with Crippen LogP contribution in [0.15, 0.2) is 47.9 Å². The Morgan fingerprint density at radius 2 is 1.43 bits per heavy atom. The van der Waals surface area contributed by atoms with Crippen molar-refractivity contribution in [3.8, 4) is 0 Å². The second kappa shape index (κ2) is 10.7. The van der Waals surface area contributed by atoms with Gasteiger partial charge in [-0.15, -0.1) is 0 Å². The average molecular weight is 472 g/mol. The first kappa shape index (κ1) is 27.8. The standard InChI is InChI=1S/C10H22Si2.C9H11.CH3NO.2CH3.H4Si.Ti/c1-9(11(3,4)5)10(2)12(6,7)8;1-2-5-9-7-3-6-8(9)4-1;2-1-3;;;;/h1-2H2,3-8H3;1-2,4-6,8-9H,3,7H2;1H,(H2,2,3);2*1H3;1H4;/q;;;;;;+1/p-1. The Morgan fingerprint density at radius 1 is 0.964 bits per heavy atom. The van der Waals surface area contributed by atoms with E-state index in [1.54, 1.807) is 0 Å². The molecule has 2 aliphatic rings. The number of rotatable bonds is 6. The van der Waals surface area contributed by atoms with Crippen molar-refractivity contribution in [1.29, 1.82) is 0 Å². The van der Waals surface area contributed by atoms with E-state index in [0.29, 0.717) is 5.92 Å². The topological polar surface area (TPSA) is 29.1 Å². The molecule has 2 aliphatic carbocycles. The third kappa shape index (κ3) is 7.56. The Bertz CT molecular complexity index is 603. The summed E-state index contributed by atoms with van der Waals surface area (Å²) in [6.07, 6.45) is 12.5. The summed E-state index contributed by atoms with van der Waals surface area (Å²) in [6.45, 7) is 22.4. The molecule has 1 saturated carbocycles. The molecular weight excluding hydrogens is 426 g/mol. The summed E-state index contributed by atoms with van der Waals surface area (Å²) in [5.41, 5.74) is 0. The van der Waals surface area contributed by atoms with Crippen LogP contribution >= 0.6 is 0 Å². The molecular formula is C22H45NOSi3Ti. The molecule has 3 unspecified atom stereocenters. The molecule has 0 aromatic heterocycles. The number of amides is 1. The van der Waals surface area contributed by atoms with Crippen LogP contribution in [0.1, 0.15) is 12.8 Å². The molecule has 0 aromatic carbocycles. The van der Waals surface area contributed by atoms with Crippen LogP contribution in [0.4, 0.5) is 0 Å². The van der Waals surface area contributed by atoms with Crippen LogP contribution in [0.2, 0.25) is 54.0 Å². The van der Waals surface area contributed by atoms with E-state index in [2.05, 4.69) is 91.0 Å². The summed E-state index contributed by atoms with van der Waals surface area (Å²) in [7, 11) is -2.39. The van der Waals surface area contributed by atoms with E-state index in [4.69, 9.17) is 0 Å². The normalized spacial score (nSPS) is 23.6. The fraction of sp³-hybridized carbons (Fsp3) is 0.591. The third-order valence-corrected chi connectivity index (χ3v) is 15.9. The summed E-state index contributed by atoms with van der Waals surface area (Å²) in [6, 6.07) is 0. The minimum Gasteiger partial charge on any atom is -0.0149 e. The third-order valence-electron chi connectivity index (χ3n) is 6.11. The van der Waals surface area contributed by atoms with Crippen LogP contribution in [0, 0.1) is 11.8 Å². The maximum Gasteiger partial charge on any atom is -0.0149 e. The van der Waals surface area contributed by atoms with E-state index >= 15 is 0 Å². The van der Waals surface area contributed by atoms with Crippen molar-refractivity contribution in [1.82, 2.24) is 3.80 Å². The molecule has 0 radical (unpaired) electrons. The van der Waals surface area contributed by atoms with Gasteiger partial charge in [-0.1, -0.05) is 62.8 Å². The van der Waals surface area contributed by atoms with Crippen LogP contribution < -0.4 is 3.80 Å². The number of carbonyl (C=O) groups is 1. The van der Waals surface area contributed by atoms with Crippen LogP contribution in [0.25, 0.3) is 0 Å². The summed E-state index contributed by atoms with van der Waals surface area (Å²) in [5, 5.41) is 7.35. The summed E-state index contributed by atoms with van der Waals surface area (Å²) < 4.78 is 3.90. The first-order chi connectivity index (χ1) is 12.2. The van der Waals surface area contributed by atoms with E-state index in [1.807, 2.05) is 0 Å². The van der Waals surface area contributed by atoms with Gasteiger partial charge in [0.05, 0.1) is 16.1 Å². The Labute approximate surface area is 184 Å². The molecule has 0 spiro atoms. The molecule has 160 valence electrons. The molecule has 0 aliphatic heterocycles. The Balaban J connectivity index is 0.000000518. The van der Waals surface area contributed by atoms with Gasteiger partial charge in [0.2, 0.25) is 0 Å². The molecule has 2 rings (SSSR count). The number of hydrogen-bond acceptors (Lipinski definition) is 1. The van der Waals surface area contributed by atoms with Crippen LogP contribution in [0.3, 0.4) is 0 Å². The molecule has 0 bridgehead atoms. The summed E-state index contributed by atoms with van der Waals surface area (Å²) >= 11 is -2.10. The van der Waals surface area contributed by atoms with Gasteiger partial charge in [0.1, 0.15) is 0 Å². The van der Waals surface area contributed by atoms with E-state index in [1.165, 1.54) is 23.2 Å². The van der Waals surface area contributed by atoms with E-state index in [9.17, 15) is 4.79 Å². The van der Waals surface area contributed by atoms with Gasteiger partial charge in [-0.25, -0.2) is 0 Å².